The number of rotatable bonds is 2. The average molecular weight is 330 g/mol. The van der Waals surface area contributed by atoms with E-state index in [0.29, 0.717) is 11.3 Å². The second-order valence-electron chi connectivity index (χ2n) is 6.38. The van der Waals surface area contributed by atoms with Crippen molar-refractivity contribution in [1.82, 2.24) is 0 Å². The van der Waals surface area contributed by atoms with Crippen LogP contribution in [0.3, 0.4) is 0 Å². The zero-order chi connectivity index (χ0) is 18.0. The number of nitriles is 3. The molecule has 0 fully saturated rings. The molecular weight excluding hydrogens is 312 g/mol. The van der Waals surface area contributed by atoms with Gasteiger partial charge in [-0.25, -0.2) is 0 Å². The Balaban J connectivity index is 2.31. The van der Waals surface area contributed by atoms with E-state index in [4.69, 9.17) is 10.5 Å². The smallest absolute Gasteiger partial charge is 0.191 e. The number of methoxy groups -OCH3 is 1. The van der Waals surface area contributed by atoms with Crippen molar-refractivity contribution < 1.29 is 4.74 Å². The molecule has 2 aliphatic carbocycles. The highest BCUT2D eigenvalue weighted by molar-refractivity contribution is 5.59. The largest absolute Gasteiger partial charge is 0.497 e. The predicted octanol–water partition coefficient (Wildman–Crippen LogP) is 3.29. The summed E-state index contributed by atoms with van der Waals surface area (Å²) in [5.74, 6) is 0.153. The standard InChI is InChI=1S/C20H18N4O/c1-25-14-6-4-5-13(9-14)18-16-8-3-2-7-15(16)17(10-21)19(24)20(18,11-22)12-23/h4-7,9,16,18H,2-3,8,24H2,1H3/t16-,18+/m1/s1. The molecule has 2 aliphatic rings. The van der Waals surface area contributed by atoms with Crippen molar-refractivity contribution in [3.63, 3.8) is 0 Å². The van der Waals surface area contributed by atoms with Gasteiger partial charge in [0.2, 0.25) is 0 Å². The van der Waals surface area contributed by atoms with Crippen LogP contribution in [0.1, 0.15) is 30.7 Å². The summed E-state index contributed by atoms with van der Waals surface area (Å²) in [6, 6.07) is 13.8. The molecule has 0 radical (unpaired) electrons. The van der Waals surface area contributed by atoms with Gasteiger partial charge in [0.1, 0.15) is 11.8 Å². The lowest BCUT2D eigenvalue weighted by Crippen LogP contribution is -2.42. The molecule has 0 aromatic heterocycles. The molecule has 25 heavy (non-hydrogen) atoms. The number of fused-ring (bicyclic) bond motifs is 1. The van der Waals surface area contributed by atoms with Crippen LogP contribution < -0.4 is 10.5 Å². The lowest BCUT2D eigenvalue weighted by molar-refractivity contribution is 0.316. The number of allylic oxidation sites excluding steroid dienone is 4. The summed E-state index contributed by atoms with van der Waals surface area (Å²) in [5, 5.41) is 29.4. The topological polar surface area (TPSA) is 107 Å². The van der Waals surface area contributed by atoms with Crippen LogP contribution in [0.15, 0.2) is 47.2 Å². The van der Waals surface area contributed by atoms with Crippen molar-refractivity contribution in [3.05, 3.63) is 52.7 Å². The fourth-order valence-corrected chi connectivity index (χ4v) is 4.08. The van der Waals surface area contributed by atoms with Gasteiger partial charge in [0.25, 0.3) is 0 Å². The molecule has 5 nitrogen and oxygen atoms in total. The summed E-state index contributed by atoms with van der Waals surface area (Å²) in [4.78, 5) is 0. The Kier molecular flexibility index (Phi) is 4.22. The highest BCUT2D eigenvalue weighted by atomic mass is 16.5. The first kappa shape index (κ1) is 16.6. The van der Waals surface area contributed by atoms with Gasteiger partial charge in [0, 0.05) is 5.92 Å². The number of benzene rings is 1. The Morgan fingerprint density at radius 2 is 2.00 bits per heavy atom. The molecule has 0 unspecified atom stereocenters. The van der Waals surface area contributed by atoms with E-state index in [9.17, 15) is 15.8 Å². The Hall–Kier alpha value is -3.23. The molecule has 1 aromatic rings. The van der Waals surface area contributed by atoms with Crippen LogP contribution in [0.4, 0.5) is 0 Å². The fourth-order valence-electron chi connectivity index (χ4n) is 4.08. The van der Waals surface area contributed by atoms with Crippen molar-refractivity contribution >= 4 is 0 Å². The maximum absolute atomic E-state index is 9.93. The average Bonchev–Trinajstić information content (AvgIpc) is 2.67. The van der Waals surface area contributed by atoms with Gasteiger partial charge in [-0.2, -0.15) is 15.8 Å². The Labute approximate surface area is 147 Å². The van der Waals surface area contributed by atoms with Gasteiger partial charge in [-0.15, -0.1) is 0 Å². The van der Waals surface area contributed by atoms with Crippen molar-refractivity contribution in [1.29, 1.82) is 15.8 Å². The van der Waals surface area contributed by atoms with E-state index in [0.717, 1.165) is 30.4 Å². The van der Waals surface area contributed by atoms with Crippen molar-refractivity contribution in [2.75, 3.05) is 7.11 Å². The molecule has 124 valence electrons. The minimum Gasteiger partial charge on any atom is -0.497 e. The Morgan fingerprint density at radius 3 is 2.64 bits per heavy atom. The molecule has 0 spiro atoms. The number of nitrogens with zero attached hydrogens (tertiary/aromatic N) is 3. The molecule has 0 bridgehead atoms. The van der Waals surface area contributed by atoms with Gasteiger partial charge in [0.15, 0.2) is 5.41 Å². The van der Waals surface area contributed by atoms with E-state index in [1.165, 1.54) is 0 Å². The molecule has 2 N–H and O–H groups in total. The summed E-state index contributed by atoms with van der Waals surface area (Å²) < 4.78 is 5.31. The summed E-state index contributed by atoms with van der Waals surface area (Å²) in [6.07, 6.45) is 4.68. The molecule has 1 aromatic carbocycles. The van der Waals surface area contributed by atoms with E-state index >= 15 is 0 Å². The van der Waals surface area contributed by atoms with Gasteiger partial charge in [0.05, 0.1) is 30.5 Å². The summed E-state index contributed by atoms with van der Waals surface area (Å²) in [7, 11) is 1.58. The molecule has 5 heteroatoms. The predicted molar refractivity (Wildman–Crippen MR) is 91.6 cm³/mol. The van der Waals surface area contributed by atoms with E-state index < -0.39 is 11.3 Å². The quantitative estimate of drug-likeness (QED) is 0.895. The molecule has 0 saturated carbocycles. The first-order valence-corrected chi connectivity index (χ1v) is 8.20. The molecular formula is C20H18N4O. The Morgan fingerprint density at radius 1 is 1.24 bits per heavy atom. The van der Waals surface area contributed by atoms with Gasteiger partial charge in [-0.05, 0) is 48.4 Å². The van der Waals surface area contributed by atoms with Gasteiger partial charge >= 0.3 is 0 Å². The summed E-state index contributed by atoms with van der Waals surface area (Å²) in [5.41, 5.74) is 6.75. The van der Waals surface area contributed by atoms with E-state index in [2.05, 4.69) is 18.2 Å². The van der Waals surface area contributed by atoms with Crippen molar-refractivity contribution in [2.45, 2.75) is 25.2 Å². The van der Waals surface area contributed by atoms with Crippen LogP contribution in [0, 0.1) is 45.3 Å². The molecule has 0 heterocycles. The lowest BCUT2D eigenvalue weighted by Gasteiger charge is -2.43. The van der Waals surface area contributed by atoms with Crippen LogP contribution in [0.25, 0.3) is 0 Å². The van der Waals surface area contributed by atoms with Gasteiger partial charge in [-0.3, -0.25) is 0 Å². The maximum atomic E-state index is 9.93. The fraction of sp³-hybridized carbons (Fsp3) is 0.350. The maximum Gasteiger partial charge on any atom is 0.191 e. The van der Waals surface area contributed by atoms with Crippen molar-refractivity contribution in [3.8, 4) is 24.0 Å². The number of ether oxygens (including phenoxy) is 1. The minimum atomic E-state index is -1.56. The van der Waals surface area contributed by atoms with Crippen LogP contribution in [-0.4, -0.2) is 7.11 Å². The van der Waals surface area contributed by atoms with Gasteiger partial charge in [-0.1, -0.05) is 18.2 Å². The van der Waals surface area contributed by atoms with E-state index in [1.807, 2.05) is 30.3 Å². The van der Waals surface area contributed by atoms with Crippen molar-refractivity contribution in [2.24, 2.45) is 17.1 Å². The monoisotopic (exact) mass is 330 g/mol. The van der Waals surface area contributed by atoms with Crippen LogP contribution in [0.2, 0.25) is 0 Å². The second-order valence-corrected chi connectivity index (χ2v) is 6.38. The highest BCUT2D eigenvalue weighted by Gasteiger charge is 2.53. The van der Waals surface area contributed by atoms with Crippen LogP contribution >= 0.6 is 0 Å². The third-order valence-corrected chi connectivity index (χ3v) is 5.25. The number of nitrogens with two attached hydrogens (primary N) is 1. The SMILES string of the molecule is COc1cccc([C@H]2[C@@H]3CCCC=C3C(C#N)=C(N)C2(C#N)C#N)c1. The minimum absolute atomic E-state index is 0.0669. The molecule has 2 atom stereocenters. The molecule has 0 aliphatic heterocycles. The number of hydrogen-bond donors (Lipinski definition) is 1. The zero-order valence-corrected chi connectivity index (χ0v) is 14.0. The normalized spacial score (nSPS) is 24.2. The highest BCUT2D eigenvalue weighted by Crippen LogP contribution is 2.55. The zero-order valence-electron chi connectivity index (χ0n) is 14.0. The van der Waals surface area contributed by atoms with Crippen LogP contribution in [0.5, 0.6) is 5.75 Å². The summed E-state index contributed by atoms with van der Waals surface area (Å²) >= 11 is 0. The number of hydrogen-bond acceptors (Lipinski definition) is 5. The third kappa shape index (κ3) is 2.35. The van der Waals surface area contributed by atoms with E-state index in [-0.39, 0.29) is 11.6 Å². The molecule has 0 amide bonds. The van der Waals surface area contributed by atoms with E-state index in [1.54, 1.807) is 7.11 Å². The van der Waals surface area contributed by atoms with Gasteiger partial charge < -0.3 is 10.5 Å². The third-order valence-electron chi connectivity index (χ3n) is 5.25. The lowest BCUT2D eigenvalue weighted by atomic mass is 9.57. The first-order valence-electron chi connectivity index (χ1n) is 8.20. The van der Waals surface area contributed by atoms with Crippen LogP contribution in [-0.2, 0) is 0 Å². The molecule has 0 saturated heterocycles. The second kappa shape index (κ2) is 6.34. The Bertz CT molecular complexity index is 877. The first-order chi connectivity index (χ1) is 12.1. The molecule has 3 rings (SSSR count). The summed E-state index contributed by atoms with van der Waals surface area (Å²) in [6.45, 7) is 0.